The minimum absolute atomic E-state index is 0.0849. The summed E-state index contributed by atoms with van der Waals surface area (Å²) < 4.78 is 2.71. The van der Waals surface area contributed by atoms with Crippen LogP contribution in [0.25, 0.3) is 0 Å². The van der Waals surface area contributed by atoms with Crippen molar-refractivity contribution in [1.82, 2.24) is 9.78 Å². The summed E-state index contributed by atoms with van der Waals surface area (Å²) in [6, 6.07) is 6.98. The Morgan fingerprint density at radius 3 is 2.27 bits per heavy atom. The van der Waals surface area contributed by atoms with Crippen LogP contribution in [0.2, 0.25) is 0 Å². The summed E-state index contributed by atoms with van der Waals surface area (Å²) in [5.41, 5.74) is 2.38. The summed E-state index contributed by atoms with van der Waals surface area (Å²) in [6.45, 7) is 3.91. The predicted octanol–water partition coefficient (Wildman–Crippen LogP) is 2.94. The van der Waals surface area contributed by atoms with E-state index in [-0.39, 0.29) is 11.8 Å². The standard InChI is InChI=1S/C15H17BrN4O2/c1-10-14(16)9-17-20(10)8-7-15(22)19-13-5-3-12(4-6-13)18-11(2)21/h3-6,9H,7-8H2,1-2H3,(H,18,21)(H,19,22). The second kappa shape index (κ2) is 7.22. The monoisotopic (exact) mass is 364 g/mol. The van der Waals surface area contributed by atoms with E-state index in [0.717, 1.165) is 10.2 Å². The van der Waals surface area contributed by atoms with E-state index in [0.29, 0.717) is 24.3 Å². The molecule has 2 aromatic rings. The van der Waals surface area contributed by atoms with Gasteiger partial charge < -0.3 is 10.6 Å². The Labute approximate surface area is 137 Å². The largest absolute Gasteiger partial charge is 0.326 e. The molecule has 0 aliphatic carbocycles. The number of hydrogen-bond donors (Lipinski definition) is 2. The van der Waals surface area contributed by atoms with Gasteiger partial charge in [-0.3, -0.25) is 14.3 Å². The molecule has 1 aromatic carbocycles. The molecule has 0 fully saturated rings. The smallest absolute Gasteiger partial charge is 0.226 e. The van der Waals surface area contributed by atoms with Crippen LogP contribution in [0.15, 0.2) is 34.9 Å². The van der Waals surface area contributed by atoms with Crippen LogP contribution in [0.5, 0.6) is 0 Å². The Balaban J connectivity index is 1.86. The highest BCUT2D eigenvalue weighted by molar-refractivity contribution is 9.10. The molecular weight excluding hydrogens is 348 g/mol. The number of carbonyl (C=O) groups excluding carboxylic acids is 2. The van der Waals surface area contributed by atoms with E-state index >= 15 is 0 Å². The number of aromatic nitrogens is 2. The minimum Gasteiger partial charge on any atom is -0.326 e. The SMILES string of the molecule is CC(=O)Nc1ccc(NC(=O)CCn2ncc(Br)c2C)cc1. The number of amides is 2. The van der Waals surface area contributed by atoms with Gasteiger partial charge >= 0.3 is 0 Å². The summed E-state index contributed by atoms with van der Waals surface area (Å²) in [5, 5.41) is 9.67. The molecule has 1 heterocycles. The van der Waals surface area contributed by atoms with Crippen LogP contribution < -0.4 is 10.6 Å². The molecule has 6 nitrogen and oxygen atoms in total. The number of anilines is 2. The Bertz CT molecular complexity index is 679. The summed E-state index contributed by atoms with van der Waals surface area (Å²) in [5.74, 6) is -0.212. The van der Waals surface area contributed by atoms with Crippen molar-refractivity contribution in [3.63, 3.8) is 0 Å². The fourth-order valence-corrected chi connectivity index (χ4v) is 2.22. The van der Waals surface area contributed by atoms with Gasteiger partial charge in [-0.05, 0) is 47.1 Å². The van der Waals surface area contributed by atoms with E-state index < -0.39 is 0 Å². The maximum atomic E-state index is 11.9. The van der Waals surface area contributed by atoms with E-state index in [9.17, 15) is 9.59 Å². The van der Waals surface area contributed by atoms with Crippen LogP contribution in [-0.4, -0.2) is 21.6 Å². The third-order valence-corrected chi connectivity index (χ3v) is 3.86. The molecule has 2 amide bonds. The molecule has 0 saturated carbocycles. The van der Waals surface area contributed by atoms with Crippen molar-refractivity contribution in [2.45, 2.75) is 26.8 Å². The highest BCUT2D eigenvalue weighted by Crippen LogP contribution is 2.16. The van der Waals surface area contributed by atoms with E-state index in [1.165, 1.54) is 6.92 Å². The Morgan fingerprint density at radius 1 is 1.18 bits per heavy atom. The van der Waals surface area contributed by atoms with E-state index in [1.807, 2.05) is 6.92 Å². The van der Waals surface area contributed by atoms with E-state index in [1.54, 1.807) is 35.1 Å². The fourth-order valence-electron chi connectivity index (χ4n) is 1.92. The lowest BCUT2D eigenvalue weighted by molar-refractivity contribution is -0.116. The highest BCUT2D eigenvalue weighted by atomic mass is 79.9. The van der Waals surface area contributed by atoms with Crippen LogP contribution in [0.3, 0.4) is 0 Å². The molecule has 0 aliphatic rings. The molecule has 2 rings (SSSR count). The minimum atomic E-state index is -0.127. The van der Waals surface area contributed by atoms with Crippen LogP contribution >= 0.6 is 15.9 Å². The molecule has 0 saturated heterocycles. The van der Waals surface area contributed by atoms with Crippen molar-refractivity contribution in [1.29, 1.82) is 0 Å². The summed E-state index contributed by atoms with van der Waals surface area (Å²) in [6.07, 6.45) is 2.05. The second-order valence-corrected chi connectivity index (χ2v) is 5.71. The van der Waals surface area contributed by atoms with Crippen LogP contribution in [-0.2, 0) is 16.1 Å². The van der Waals surface area contributed by atoms with E-state index in [4.69, 9.17) is 0 Å². The van der Waals surface area contributed by atoms with Crippen LogP contribution in [0.4, 0.5) is 11.4 Å². The third kappa shape index (κ3) is 4.42. The molecule has 0 bridgehead atoms. The zero-order chi connectivity index (χ0) is 16.1. The molecule has 0 atom stereocenters. The van der Waals surface area contributed by atoms with E-state index in [2.05, 4.69) is 31.7 Å². The third-order valence-electron chi connectivity index (χ3n) is 3.08. The van der Waals surface area contributed by atoms with Gasteiger partial charge in [-0.15, -0.1) is 0 Å². The first-order chi connectivity index (χ1) is 10.5. The van der Waals surface area contributed by atoms with Crippen LogP contribution in [0, 0.1) is 6.92 Å². The average molecular weight is 365 g/mol. The molecule has 0 aliphatic heterocycles. The predicted molar refractivity (Wildman–Crippen MR) is 88.7 cm³/mol. The Hall–Kier alpha value is -2.15. The molecule has 0 spiro atoms. The molecular formula is C15H17BrN4O2. The first-order valence-corrected chi connectivity index (χ1v) is 7.60. The van der Waals surface area contributed by atoms with Crippen molar-refractivity contribution >= 4 is 39.1 Å². The molecule has 22 heavy (non-hydrogen) atoms. The summed E-state index contributed by atoms with van der Waals surface area (Å²) in [4.78, 5) is 22.9. The summed E-state index contributed by atoms with van der Waals surface area (Å²) >= 11 is 3.39. The summed E-state index contributed by atoms with van der Waals surface area (Å²) in [7, 11) is 0. The number of aryl methyl sites for hydroxylation is 1. The first-order valence-electron chi connectivity index (χ1n) is 6.81. The van der Waals surface area contributed by atoms with Gasteiger partial charge in [0, 0.05) is 30.4 Å². The second-order valence-electron chi connectivity index (χ2n) is 4.86. The van der Waals surface area contributed by atoms with Crippen LogP contribution in [0.1, 0.15) is 19.0 Å². The van der Waals surface area contributed by atoms with Gasteiger partial charge in [0.1, 0.15) is 0 Å². The van der Waals surface area contributed by atoms with Crippen molar-refractivity contribution in [2.75, 3.05) is 10.6 Å². The lowest BCUT2D eigenvalue weighted by atomic mass is 10.2. The van der Waals surface area contributed by atoms with Gasteiger partial charge in [0.15, 0.2) is 0 Å². The van der Waals surface area contributed by atoms with Crippen molar-refractivity contribution in [2.24, 2.45) is 0 Å². The van der Waals surface area contributed by atoms with Gasteiger partial charge in [0.05, 0.1) is 17.2 Å². The van der Waals surface area contributed by atoms with Gasteiger partial charge in [0.25, 0.3) is 0 Å². The van der Waals surface area contributed by atoms with Gasteiger partial charge in [0.2, 0.25) is 11.8 Å². The maximum Gasteiger partial charge on any atom is 0.226 e. The molecule has 0 unspecified atom stereocenters. The topological polar surface area (TPSA) is 76.0 Å². The molecule has 7 heteroatoms. The quantitative estimate of drug-likeness (QED) is 0.856. The molecule has 0 radical (unpaired) electrons. The number of halogens is 1. The first kappa shape index (κ1) is 16.2. The number of carbonyl (C=O) groups is 2. The van der Waals surface area contributed by atoms with Gasteiger partial charge in [-0.2, -0.15) is 5.10 Å². The normalized spacial score (nSPS) is 10.3. The lowest BCUT2D eigenvalue weighted by Gasteiger charge is -2.08. The van der Waals surface area contributed by atoms with Gasteiger partial charge in [-0.1, -0.05) is 0 Å². The highest BCUT2D eigenvalue weighted by Gasteiger charge is 2.07. The molecule has 1 aromatic heterocycles. The zero-order valence-corrected chi connectivity index (χ0v) is 14.0. The fraction of sp³-hybridized carbons (Fsp3) is 0.267. The Kier molecular flexibility index (Phi) is 5.32. The van der Waals surface area contributed by atoms with Crippen molar-refractivity contribution < 1.29 is 9.59 Å². The number of nitrogens with one attached hydrogen (secondary N) is 2. The average Bonchev–Trinajstić information content (AvgIpc) is 2.78. The Morgan fingerprint density at radius 2 is 1.77 bits per heavy atom. The molecule has 116 valence electrons. The maximum absolute atomic E-state index is 11.9. The lowest BCUT2D eigenvalue weighted by Crippen LogP contribution is -2.15. The number of rotatable bonds is 5. The van der Waals surface area contributed by atoms with Gasteiger partial charge in [-0.25, -0.2) is 0 Å². The number of nitrogens with zero attached hydrogens (tertiary/aromatic N) is 2. The van der Waals surface area contributed by atoms with Crippen molar-refractivity contribution in [3.05, 3.63) is 40.6 Å². The molecule has 2 N–H and O–H groups in total. The number of hydrogen-bond acceptors (Lipinski definition) is 3. The number of benzene rings is 1. The zero-order valence-electron chi connectivity index (χ0n) is 12.4. The van der Waals surface area contributed by atoms with Crippen molar-refractivity contribution in [3.8, 4) is 0 Å².